The molecule has 0 aliphatic heterocycles. The summed E-state index contributed by atoms with van der Waals surface area (Å²) in [6.45, 7) is 0.353. The highest BCUT2D eigenvalue weighted by Crippen LogP contribution is 2.17. The van der Waals surface area contributed by atoms with Crippen molar-refractivity contribution in [1.29, 1.82) is 0 Å². The van der Waals surface area contributed by atoms with E-state index in [2.05, 4.69) is 5.32 Å². The molecule has 0 saturated heterocycles. The molecule has 0 saturated carbocycles. The number of carbonyl (C=O) groups excluding carboxylic acids is 1. The molecule has 0 spiro atoms. The Morgan fingerprint density at radius 1 is 1.37 bits per heavy atom. The molecular formula is C13H12F2N2OS. The normalized spacial score (nSPS) is 10.4. The summed E-state index contributed by atoms with van der Waals surface area (Å²) in [7, 11) is 0. The first-order valence-corrected chi connectivity index (χ1v) is 6.56. The van der Waals surface area contributed by atoms with Crippen LogP contribution in [0.15, 0.2) is 29.0 Å². The molecule has 0 radical (unpaired) electrons. The van der Waals surface area contributed by atoms with Crippen LogP contribution in [0.25, 0.3) is 0 Å². The van der Waals surface area contributed by atoms with Gasteiger partial charge < -0.3 is 11.1 Å². The van der Waals surface area contributed by atoms with Gasteiger partial charge in [-0.25, -0.2) is 8.78 Å². The number of rotatable bonds is 4. The first kappa shape index (κ1) is 13.5. The van der Waals surface area contributed by atoms with E-state index < -0.39 is 17.5 Å². The summed E-state index contributed by atoms with van der Waals surface area (Å²) < 4.78 is 26.7. The SMILES string of the molecule is Nc1cc(F)cc(C(=O)NCCc2ccsc2)c1F. The molecule has 6 heteroatoms. The molecule has 19 heavy (non-hydrogen) atoms. The molecule has 0 aliphatic carbocycles. The van der Waals surface area contributed by atoms with Crippen molar-refractivity contribution in [2.75, 3.05) is 12.3 Å². The van der Waals surface area contributed by atoms with E-state index in [0.717, 1.165) is 17.7 Å². The van der Waals surface area contributed by atoms with Gasteiger partial charge in [-0.15, -0.1) is 0 Å². The minimum atomic E-state index is -0.894. The molecule has 1 amide bonds. The van der Waals surface area contributed by atoms with Crippen LogP contribution in [-0.2, 0) is 6.42 Å². The summed E-state index contributed by atoms with van der Waals surface area (Å²) in [5, 5.41) is 6.44. The quantitative estimate of drug-likeness (QED) is 0.847. The highest BCUT2D eigenvalue weighted by Gasteiger charge is 2.15. The smallest absolute Gasteiger partial charge is 0.254 e. The first-order chi connectivity index (χ1) is 9.08. The second-order valence-corrected chi connectivity index (χ2v) is 4.77. The van der Waals surface area contributed by atoms with Crippen LogP contribution in [0.1, 0.15) is 15.9 Å². The molecule has 0 bridgehead atoms. The summed E-state index contributed by atoms with van der Waals surface area (Å²) in [6, 6.07) is 3.63. The third kappa shape index (κ3) is 3.29. The minimum Gasteiger partial charge on any atom is -0.396 e. The molecule has 0 atom stereocenters. The van der Waals surface area contributed by atoms with Gasteiger partial charge in [0.1, 0.15) is 5.82 Å². The van der Waals surface area contributed by atoms with Crippen molar-refractivity contribution in [3.63, 3.8) is 0 Å². The van der Waals surface area contributed by atoms with Gasteiger partial charge in [0.25, 0.3) is 5.91 Å². The fraction of sp³-hybridized carbons (Fsp3) is 0.154. The van der Waals surface area contributed by atoms with E-state index in [9.17, 15) is 13.6 Å². The number of nitrogens with two attached hydrogens (primary N) is 1. The Hall–Kier alpha value is -1.95. The van der Waals surface area contributed by atoms with Gasteiger partial charge in [0.05, 0.1) is 11.3 Å². The van der Waals surface area contributed by atoms with Crippen molar-refractivity contribution in [1.82, 2.24) is 5.32 Å². The monoisotopic (exact) mass is 282 g/mol. The molecule has 0 fully saturated rings. The Labute approximate surface area is 113 Å². The zero-order chi connectivity index (χ0) is 13.8. The number of anilines is 1. The predicted molar refractivity (Wildman–Crippen MR) is 71.1 cm³/mol. The third-order valence-electron chi connectivity index (χ3n) is 2.59. The van der Waals surface area contributed by atoms with Crippen molar-refractivity contribution in [3.8, 4) is 0 Å². The van der Waals surface area contributed by atoms with Gasteiger partial charge in [0.2, 0.25) is 0 Å². The zero-order valence-electron chi connectivity index (χ0n) is 9.95. The van der Waals surface area contributed by atoms with E-state index in [1.165, 1.54) is 0 Å². The molecule has 0 aliphatic rings. The van der Waals surface area contributed by atoms with Crippen molar-refractivity contribution >= 4 is 22.9 Å². The number of hydrogen-bond acceptors (Lipinski definition) is 3. The van der Waals surface area contributed by atoms with Gasteiger partial charge in [-0.05, 0) is 40.9 Å². The van der Waals surface area contributed by atoms with Gasteiger partial charge in [-0.3, -0.25) is 4.79 Å². The molecule has 100 valence electrons. The molecule has 3 N–H and O–H groups in total. The van der Waals surface area contributed by atoms with Crippen LogP contribution in [0, 0.1) is 11.6 Å². The van der Waals surface area contributed by atoms with Gasteiger partial charge in [-0.1, -0.05) is 0 Å². The number of nitrogen functional groups attached to an aromatic ring is 1. The number of carbonyl (C=O) groups is 1. The fourth-order valence-corrected chi connectivity index (χ4v) is 2.33. The molecule has 1 aromatic carbocycles. The van der Waals surface area contributed by atoms with Crippen molar-refractivity contribution in [2.45, 2.75) is 6.42 Å². The summed E-state index contributed by atoms with van der Waals surface area (Å²) in [5.41, 5.74) is 5.61. The molecule has 0 unspecified atom stereocenters. The summed E-state index contributed by atoms with van der Waals surface area (Å²) >= 11 is 1.56. The Kier molecular flexibility index (Phi) is 4.11. The van der Waals surface area contributed by atoms with E-state index in [0.29, 0.717) is 13.0 Å². The number of hydrogen-bond donors (Lipinski definition) is 2. The van der Waals surface area contributed by atoms with Crippen molar-refractivity contribution in [2.24, 2.45) is 0 Å². The summed E-state index contributed by atoms with van der Waals surface area (Å²) in [6.07, 6.45) is 0.641. The number of benzene rings is 1. The number of halogens is 2. The number of nitrogens with one attached hydrogen (secondary N) is 1. The van der Waals surface area contributed by atoms with E-state index in [-0.39, 0.29) is 11.3 Å². The summed E-state index contributed by atoms with van der Waals surface area (Å²) in [5.74, 6) is -2.30. The average Bonchev–Trinajstić information content (AvgIpc) is 2.86. The van der Waals surface area contributed by atoms with E-state index in [1.54, 1.807) is 11.3 Å². The lowest BCUT2D eigenvalue weighted by Crippen LogP contribution is -2.27. The maximum atomic E-state index is 13.6. The number of thiophene rings is 1. The highest BCUT2D eigenvalue weighted by atomic mass is 32.1. The highest BCUT2D eigenvalue weighted by molar-refractivity contribution is 7.07. The topological polar surface area (TPSA) is 55.1 Å². The van der Waals surface area contributed by atoms with Gasteiger partial charge in [0.15, 0.2) is 5.82 Å². The lowest BCUT2D eigenvalue weighted by Gasteiger charge is -2.07. The second kappa shape index (κ2) is 5.79. The van der Waals surface area contributed by atoms with Crippen molar-refractivity contribution < 1.29 is 13.6 Å². The second-order valence-electron chi connectivity index (χ2n) is 3.99. The molecular weight excluding hydrogens is 270 g/mol. The van der Waals surface area contributed by atoms with Crippen molar-refractivity contribution in [3.05, 3.63) is 51.7 Å². The lowest BCUT2D eigenvalue weighted by atomic mass is 10.1. The Balaban J connectivity index is 2.00. The molecule has 3 nitrogen and oxygen atoms in total. The van der Waals surface area contributed by atoms with Gasteiger partial charge >= 0.3 is 0 Å². The molecule has 2 rings (SSSR count). The molecule has 2 aromatic rings. The zero-order valence-corrected chi connectivity index (χ0v) is 10.8. The molecule has 1 aromatic heterocycles. The maximum Gasteiger partial charge on any atom is 0.254 e. The van der Waals surface area contributed by atoms with Crippen LogP contribution in [0.2, 0.25) is 0 Å². The summed E-state index contributed by atoms with van der Waals surface area (Å²) in [4.78, 5) is 11.7. The van der Waals surface area contributed by atoms with Crippen LogP contribution in [0.4, 0.5) is 14.5 Å². The van der Waals surface area contributed by atoms with Crippen LogP contribution in [0.5, 0.6) is 0 Å². The maximum absolute atomic E-state index is 13.6. The lowest BCUT2D eigenvalue weighted by molar-refractivity contribution is 0.0949. The third-order valence-corrected chi connectivity index (χ3v) is 3.32. The largest absolute Gasteiger partial charge is 0.396 e. The fourth-order valence-electron chi connectivity index (χ4n) is 1.63. The van der Waals surface area contributed by atoms with Gasteiger partial charge in [0, 0.05) is 6.54 Å². The predicted octanol–water partition coefficient (Wildman–Crippen LogP) is 2.58. The first-order valence-electron chi connectivity index (χ1n) is 5.61. The van der Waals surface area contributed by atoms with Crippen LogP contribution in [0.3, 0.4) is 0 Å². The minimum absolute atomic E-state index is 0.353. The van der Waals surface area contributed by atoms with Crippen LogP contribution < -0.4 is 11.1 Å². The average molecular weight is 282 g/mol. The van der Waals surface area contributed by atoms with Gasteiger partial charge in [-0.2, -0.15) is 11.3 Å². The Morgan fingerprint density at radius 2 is 2.16 bits per heavy atom. The van der Waals surface area contributed by atoms with E-state index >= 15 is 0 Å². The Morgan fingerprint density at radius 3 is 2.84 bits per heavy atom. The van der Waals surface area contributed by atoms with Crippen LogP contribution in [-0.4, -0.2) is 12.5 Å². The molecule has 1 heterocycles. The van der Waals surface area contributed by atoms with E-state index in [4.69, 9.17) is 5.73 Å². The van der Waals surface area contributed by atoms with Crippen LogP contribution >= 0.6 is 11.3 Å². The van der Waals surface area contributed by atoms with E-state index in [1.807, 2.05) is 16.8 Å². The number of amides is 1. The Bertz CT molecular complexity index is 585. The standard InChI is InChI=1S/C13H12F2N2OS/c14-9-5-10(12(15)11(16)6-9)13(18)17-3-1-8-2-4-19-7-8/h2,4-7H,1,3,16H2,(H,17,18).